The molecule has 1 aliphatic rings. The molecule has 2 atom stereocenters. The van der Waals surface area contributed by atoms with Gasteiger partial charge in [0.15, 0.2) is 0 Å². The highest BCUT2D eigenvalue weighted by Crippen LogP contribution is 2.48. The summed E-state index contributed by atoms with van der Waals surface area (Å²) in [5.74, 6) is -0.736. The van der Waals surface area contributed by atoms with E-state index >= 15 is 0 Å². The Balaban J connectivity index is 1.52. The first kappa shape index (κ1) is 34.9. The minimum atomic E-state index is -0.877. The number of rotatable bonds is 9. The van der Waals surface area contributed by atoms with Crippen molar-refractivity contribution in [1.29, 1.82) is 0 Å². The molecular formula is C37H44N2O6S. The van der Waals surface area contributed by atoms with Crippen molar-refractivity contribution in [2.75, 3.05) is 38.7 Å². The molecule has 4 rings (SSSR count). The topological polar surface area (TPSA) is 103 Å². The second-order valence-electron chi connectivity index (χ2n) is 11.3. The van der Waals surface area contributed by atoms with Gasteiger partial charge in [-0.3, -0.25) is 9.59 Å². The molecule has 1 fully saturated rings. The standard InChI is InChI=1S/C37H44N2O6S/c1-28(2)35-36(42)45-32(26-33(40)38-21-22-43-23-24-44-27-34(41)39-35)20-12-13-25-46-37(29-14-6-3-7-15-29,30-16-8-4-9-17-30)31-18-10-5-11-19-31/h3-12,14-20,28,32,35H,13,21-27H2,1-2H3,(H,38,40)(H,39,41)/b20-12+/t32-,35-/m1/s1. The van der Waals surface area contributed by atoms with Crippen LogP contribution in [0.1, 0.15) is 43.4 Å². The van der Waals surface area contributed by atoms with Gasteiger partial charge in [0.1, 0.15) is 18.8 Å². The first-order valence-corrected chi connectivity index (χ1v) is 16.8. The van der Waals surface area contributed by atoms with Crippen molar-refractivity contribution < 1.29 is 28.6 Å². The van der Waals surface area contributed by atoms with Gasteiger partial charge in [-0.15, -0.1) is 11.8 Å². The molecule has 2 N–H and O–H groups in total. The molecule has 244 valence electrons. The minimum Gasteiger partial charge on any atom is -0.456 e. The normalized spacial score (nSPS) is 19.4. The molecule has 1 heterocycles. The zero-order valence-electron chi connectivity index (χ0n) is 26.6. The Labute approximate surface area is 276 Å². The summed E-state index contributed by atoms with van der Waals surface area (Å²) in [7, 11) is 0. The fourth-order valence-electron chi connectivity index (χ4n) is 5.28. The van der Waals surface area contributed by atoms with E-state index in [2.05, 4.69) is 83.4 Å². The highest BCUT2D eigenvalue weighted by atomic mass is 32.2. The van der Waals surface area contributed by atoms with E-state index in [4.69, 9.17) is 14.2 Å². The maximum atomic E-state index is 13.2. The minimum absolute atomic E-state index is 0.0424. The molecule has 3 aromatic rings. The van der Waals surface area contributed by atoms with E-state index in [1.54, 1.807) is 6.08 Å². The summed E-state index contributed by atoms with van der Waals surface area (Å²) in [6.07, 6.45) is 3.56. The molecule has 0 aromatic heterocycles. The van der Waals surface area contributed by atoms with Gasteiger partial charge in [0, 0.05) is 6.54 Å². The maximum Gasteiger partial charge on any atom is 0.329 e. The Kier molecular flexibility index (Phi) is 13.9. The van der Waals surface area contributed by atoms with Gasteiger partial charge in [0.05, 0.1) is 31.0 Å². The Bertz CT molecular complexity index is 1300. The van der Waals surface area contributed by atoms with E-state index in [9.17, 15) is 14.4 Å². The number of nitrogens with one attached hydrogen (secondary N) is 2. The first-order chi connectivity index (χ1) is 22.4. The van der Waals surface area contributed by atoms with Crippen LogP contribution in [0, 0.1) is 5.92 Å². The molecule has 2 amide bonds. The number of amides is 2. The summed E-state index contributed by atoms with van der Waals surface area (Å²) in [6, 6.07) is 30.6. The van der Waals surface area contributed by atoms with E-state index in [0.717, 1.165) is 5.75 Å². The van der Waals surface area contributed by atoms with Crippen molar-refractivity contribution in [3.63, 3.8) is 0 Å². The van der Waals surface area contributed by atoms with Crippen LogP contribution in [0.5, 0.6) is 0 Å². The third-order valence-electron chi connectivity index (χ3n) is 7.56. The van der Waals surface area contributed by atoms with Crippen molar-refractivity contribution in [3.05, 3.63) is 120 Å². The van der Waals surface area contributed by atoms with E-state index in [0.29, 0.717) is 26.2 Å². The number of benzene rings is 3. The van der Waals surface area contributed by atoms with Crippen LogP contribution in [-0.4, -0.2) is 68.7 Å². The third kappa shape index (κ3) is 10.0. The summed E-state index contributed by atoms with van der Waals surface area (Å²) >= 11 is 1.84. The average molecular weight is 645 g/mol. The van der Waals surface area contributed by atoms with Crippen LogP contribution < -0.4 is 10.6 Å². The van der Waals surface area contributed by atoms with Gasteiger partial charge in [-0.2, -0.15) is 0 Å². The predicted molar refractivity (Wildman–Crippen MR) is 181 cm³/mol. The molecule has 0 spiro atoms. The van der Waals surface area contributed by atoms with Gasteiger partial charge in [0.2, 0.25) is 11.8 Å². The lowest BCUT2D eigenvalue weighted by Crippen LogP contribution is -2.47. The van der Waals surface area contributed by atoms with Gasteiger partial charge >= 0.3 is 5.97 Å². The van der Waals surface area contributed by atoms with Gasteiger partial charge in [-0.05, 0) is 40.9 Å². The van der Waals surface area contributed by atoms with Gasteiger partial charge in [-0.1, -0.05) is 111 Å². The molecule has 0 unspecified atom stereocenters. The van der Waals surface area contributed by atoms with Crippen LogP contribution in [0.4, 0.5) is 0 Å². The average Bonchev–Trinajstić information content (AvgIpc) is 3.07. The number of carbonyl (C=O) groups excluding carboxylic acids is 3. The Morgan fingerprint density at radius 3 is 1.93 bits per heavy atom. The predicted octanol–water partition coefficient (Wildman–Crippen LogP) is 5.26. The Morgan fingerprint density at radius 2 is 1.37 bits per heavy atom. The lowest BCUT2D eigenvalue weighted by atomic mass is 9.84. The molecule has 0 bridgehead atoms. The van der Waals surface area contributed by atoms with Gasteiger partial charge in [0.25, 0.3) is 0 Å². The lowest BCUT2D eigenvalue weighted by molar-refractivity contribution is -0.153. The molecule has 0 aliphatic carbocycles. The highest BCUT2D eigenvalue weighted by molar-refractivity contribution is 8.00. The zero-order valence-corrected chi connectivity index (χ0v) is 27.4. The van der Waals surface area contributed by atoms with E-state index in [1.165, 1.54) is 16.7 Å². The van der Waals surface area contributed by atoms with Crippen molar-refractivity contribution in [1.82, 2.24) is 10.6 Å². The van der Waals surface area contributed by atoms with Crippen molar-refractivity contribution >= 4 is 29.5 Å². The van der Waals surface area contributed by atoms with Crippen molar-refractivity contribution in [2.24, 2.45) is 5.92 Å². The fraction of sp³-hybridized carbons (Fsp3) is 0.378. The number of esters is 1. The van der Waals surface area contributed by atoms with E-state index in [1.807, 2.05) is 49.9 Å². The highest BCUT2D eigenvalue weighted by Gasteiger charge is 2.36. The van der Waals surface area contributed by atoms with Crippen molar-refractivity contribution in [2.45, 2.75) is 43.6 Å². The summed E-state index contributed by atoms with van der Waals surface area (Å²) in [4.78, 5) is 38.4. The maximum absolute atomic E-state index is 13.2. The molecule has 0 saturated carbocycles. The number of thioether (sulfide) groups is 1. The molecular weight excluding hydrogens is 600 g/mol. The summed E-state index contributed by atoms with van der Waals surface area (Å²) in [5.41, 5.74) is 3.54. The van der Waals surface area contributed by atoms with Crippen LogP contribution >= 0.6 is 11.8 Å². The molecule has 1 aliphatic heterocycles. The monoisotopic (exact) mass is 644 g/mol. The zero-order chi connectivity index (χ0) is 32.6. The van der Waals surface area contributed by atoms with Crippen LogP contribution in [0.2, 0.25) is 0 Å². The number of cyclic esters (lactones) is 1. The van der Waals surface area contributed by atoms with Crippen LogP contribution in [0.3, 0.4) is 0 Å². The molecule has 1 saturated heterocycles. The van der Waals surface area contributed by atoms with Crippen LogP contribution in [-0.2, 0) is 33.3 Å². The second-order valence-corrected chi connectivity index (χ2v) is 12.6. The summed E-state index contributed by atoms with van der Waals surface area (Å²) < 4.78 is 16.2. The number of carbonyl (C=O) groups is 3. The molecule has 46 heavy (non-hydrogen) atoms. The Hall–Kier alpha value is -3.92. The van der Waals surface area contributed by atoms with Gasteiger partial charge in [-0.25, -0.2) is 4.79 Å². The Morgan fingerprint density at radius 1 is 0.804 bits per heavy atom. The van der Waals surface area contributed by atoms with Gasteiger partial charge < -0.3 is 24.8 Å². The number of ether oxygens (including phenoxy) is 3. The quantitative estimate of drug-likeness (QED) is 0.142. The fourth-order valence-corrected chi connectivity index (χ4v) is 6.75. The third-order valence-corrected chi connectivity index (χ3v) is 9.14. The van der Waals surface area contributed by atoms with E-state index < -0.39 is 28.8 Å². The van der Waals surface area contributed by atoms with Crippen molar-refractivity contribution in [3.8, 4) is 0 Å². The van der Waals surface area contributed by atoms with Crippen LogP contribution in [0.15, 0.2) is 103 Å². The number of hydrogen-bond acceptors (Lipinski definition) is 7. The SMILES string of the molecule is CC(C)[C@H]1NC(=O)COCCOCCNC(=O)C[C@@H](/C=C/CCSC(c2ccccc2)(c2ccccc2)c2ccccc2)OC1=O. The molecule has 0 radical (unpaired) electrons. The molecule has 3 aromatic carbocycles. The van der Waals surface area contributed by atoms with Crippen LogP contribution in [0.25, 0.3) is 0 Å². The number of hydrogen-bond donors (Lipinski definition) is 2. The second kappa shape index (κ2) is 18.3. The number of allylic oxidation sites excluding steroid dienone is 1. The van der Waals surface area contributed by atoms with E-state index in [-0.39, 0.29) is 31.5 Å². The smallest absolute Gasteiger partial charge is 0.329 e. The first-order valence-electron chi connectivity index (χ1n) is 15.8. The molecule has 8 nitrogen and oxygen atoms in total. The summed E-state index contributed by atoms with van der Waals surface area (Å²) in [6.45, 7) is 4.61. The lowest BCUT2D eigenvalue weighted by Gasteiger charge is -2.35. The molecule has 9 heteroatoms. The summed E-state index contributed by atoms with van der Waals surface area (Å²) in [5, 5.41) is 5.53. The largest absolute Gasteiger partial charge is 0.456 e.